The summed E-state index contributed by atoms with van der Waals surface area (Å²) in [5.41, 5.74) is 3.97. The van der Waals surface area contributed by atoms with Gasteiger partial charge in [-0.2, -0.15) is 0 Å². The molecule has 8 heteroatoms. The minimum atomic E-state index is -0.228. The third-order valence-corrected chi connectivity index (χ3v) is 6.85. The molecule has 36 heavy (non-hydrogen) atoms. The zero-order chi connectivity index (χ0) is 25.1. The number of hydrogen-bond donors (Lipinski definition) is 0. The minimum absolute atomic E-state index is 0.228. The van der Waals surface area contributed by atoms with E-state index in [-0.39, 0.29) is 5.82 Å². The number of rotatable bonds is 8. The Labute approximate surface area is 210 Å². The van der Waals surface area contributed by atoms with Gasteiger partial charge in [-0.25, -0.2) is 14.4 Å². The molecule has 0 saturated carbocycles. The minimum Gasteiger partial charge on any atom is -0.493 e. The topological polar surface area (TPSA) is 61.6 Å². The van der Waals surface area contributed by atoms with Gasteiger partial charge in [0, 0.05) is 38.3 Å². The standard InChI is InChI=1S/C28H31FN4O3/c1-34-24-15-20(16-25(35-2)27(24)36-3)18-32-13-10-22(11-14-32)33-26(17-19-6-8-21(29)9-7-19)31-23-5-4-12-30-28(23)33/h4-9,12,15-16,22H,10-11,13-14,17-18H2,1-3H3. The summed E-state index contributed by atoms with van der Waals surface area (Å²) < 4.78 is 32.2. The maximum atomic E-state index is 13.4. The van der Waals surface area contributed by atoms with E-state index in [2.05, 4.69) is 14.5 Å². The molecule has 3 heterocycles. The summed E-state index contributed by atoms with van der Waals surface area (Å²) in [6.45, 7) is 2.70. The molecule has 0 N–H and O–H groups in total. The van der Waals surface area contributed by atoms with Crippen molar-refractivity contribution in [3.05, 3.63) is 77.5 Å². The number of nitrogens with zero attached hydrogens (tertiary/aromatic N) is 4. The summed E-state index contributed by atoms with van der Waals surface area (Å²) in [4.78, 5) is 12.0. The van der Waals surface area contributed by atoms with E-state index in [1.54, 1.807) is 21.3 Å². The smallest absolute Gasteiger partial charge is 0.203 e. The molecule has 0 unspecified atom stereocenters. The van der Waals surface area contributed by atoms with Crippen LogP contribution in [0.5, 0.6) is 17.2 Å². The molecule has 1 saturated heterocycles. The highest BCUT2D eigenvalue weighted by Gasteiger charge is 2.26. The van der Waals surface area contributed by atoms with E-state index in [4.69, 9.17) is 19.2 Å². The van der Waals surface area contributed by atoms with Gasteiger partial charge in [-0.15, -0.1) is 0 Å². The van der Waals surface area contributed by atoms with Crippen LogP contribution in [-0.2, 0) is 13.0 Å². The summed E-state index contributed by atoms with van der Waals surface area (Å²) in [5.74, 6) is 2.69. The number of benzene rings is 2. The Morgan fingerprint density at radius 2 is 1.61 bits per heavy atom. The second-order valence-corrected chi connectivity index (χ2v) is 9.09. The Morgan fingerprint density at radius 3 is 2.25 bits per heavy atom. The average molecular weight is 491 g/mol. The van der Waals surface area contributed by atoms with Crippen LogP contribution in [0.2, 0.25) is 0 Å². The van der Waals surface area contributed by atoms with E-state index < -0.39 is 0 Å². The first-order chi connectivity index (χ1) is 17.6. The summed E-state index contributed by atoms with van der Waals surface area (Å²) in [7, 11) is 4.89. The normalized spacial score (nSPS) is 14.8. The number of fused-ring (bicyclic) bond motifs is 1. The predicted octanol–water partition coefficient (Wildman–Crippen LogP) is 5.02. The Bertz CT molecular complexity index is 1310. The van der Waals surface area contributed by atoms with Gasteiger partial charge in [0.15, 0.2) is 17.1 Å². The monoisotopic (exact) mass is 490 g/mol. The first kappa shape index (κ1) is 24.1. The van der Waals surface area contributed by atoms with Gasteiger partial charge in [-0.05, 0) is 60.4 Å². The van der Waals surface area contributed by atoms with Crippen LogP contribution < -0.4 is 14.2 Å². The highest BCUT2D eigenvalue weighted by molar-refractivity contribution is 5.71. The Morgan fingerprint density at radius 1 is 0.917 bits per heavy atom. The molecule has 1 fully saturated rings. The molecule has 0 aliphatic carbocycles. The van der Waals surface area contributed by atoms with Gasteiger partial charge in [0.25, 0.3) is 0 Å². The van der Waals surface area contributed by atoms with E-state index in [1.807, 2.05) is 42.6 Å². The fraction of sp³-hybridized carbons (Fsp3) is 0.357. The lowest BCUT2D eigenvalue weighted by atomic mass is 10.0. The highest BCUT2D eigenvalue weighted by Crippen LogP contribution is 2.39. The third-order valence-electron chi connectivity index (χ3n) is 6.85. The molecule has 4 aromatic rings. The van der Waals surface area contributed by atoms with Gasteiger partial charge in [0.2, 0.25) is 5.75 Å². The Balaban J connectivity index is 1.34. The number of imidazole rings is 1. The summed E-state index contributed by atoms with van der Waals surface area (Å²) in [6.07, 6.45) is 4.44. The van der Waals surface area contributed by atoms with Crippen molar-refractivity contribution in [3.8, 4) is 17.2 Å². The van der Waals surface area contributed by atoms with Gasteiger partial charge in [0.1, 0.15) is 17.2 Å². The van der Waals surface area contributed by atoms with Crippen LogP contribution in [0.4, 0.5) is 4.39 Å². The maximum absolute atomic E-state index is 13.4. The van der Waals surface area contributed by atoms with Crippen LogP contribution in [0.3, 0.4) is 0 Å². The molecule has 0 spiro atoms. The number of hydrogen-bond acceptors (Lipinski definition) is 6. The van der Waals surface area contributed by atoms with Gasteiger partial charge >= 0.3 is 0 Å². The fourth-order valence-electron chi connectivity index (χ4n) is 5.09. The second kappa shape index (κ2) is 10.5. The van der Waals surface area contributed by atoms with E-state index in [0.717, 1.165) is 60.6 Å². The van der Waals surface area contributed by atoms with Crippen LogP contribution in [0.25, 0.3) is 11.2 Å². The summed E-state index contributed by atoms with van der Waals surface area (Å²) in [6, 6.07) is 14.9. The molecule has 1 aliphatic heterocycles. The number of aromatic nitrogens is 3. The van der Waals surface area contributed by atoms with Crippen LogP contribution in [0, 0.1) is 5.82 Å². The zero-order valence-electron chi connectivity index (χ0n) is 20.9. The van der Waals surface area contributed by atoms with Gasteiger partial charge in [-0.1, -0.05) is 12.1 Å². The van der Waals surface area contributed by atoms with Crippen LogP contribution >= 0.6 is 0 Å². The fourth-order valence-corrected chi connectivity index (χ4v) is 5.09. The lowest BCUT2D eigenvalue weighted by molar-refractivity contribution is 0.179. The van der Waals surface area contributed by atoms with Crippen molar-refractivity contribution >= 4 is 11.2 Å². The molecule has 2 aromatic carbocycles. The van der Waals surface area contributed by atoms with Crippen LogP contribution in [-0.4, -0.2) is 53.9 Å². The number of halogens is 1. The molecule has 0 bridgehead atoms. The molecule has 7 nitrogen and oxygen atoms in total. The van der Waals surface area contributed by atoms with Crippen molar-refractivity contribution in [1.29, 1.82) is 0 Å². The first-order valence-electron chi connectivity index (χ1n) is 12.2. The number of likely N-dealkylation sites (tertiary alicyclic amines) is 1. The Kier molecular flexibility index (Phi) is 7.04. The second-order valence-electron chi connectivity index (χ2n) is 9.09. The number of methoxy groups -OCH3 is 3. The van der Waals surface area contributed by atoms with E-state index >= 15 is 0 Å². The molecule has 0 amide bonds. The molecule has 5 rings (SSSR count). The van der Waals surface area contributed by atoms with E-state index in [0.29, 0.717) is 29.7 Å². The van der Waals surface area contributed by atoms with Crippen LogP contribution in [0.1, 0.15) is 35.8 Å². The van der Waals surface area contributed by atoms with Crippen molar-refractivity contribution in [3.63, 3.8) is 0 Å². The largest absolute Gasteiger partial charge is 0.493 e. The first-order valence-corrected chi connectivity index (χ1v) is 12.2. The van der Waals surface area contributed by atoms with E-state index in [1.165, 1.54) is 12.1 Å². The molecular formula is C28H31FN4O3. The third kappa shape index (κ3) is 4.86. The molecule has 188 valence electrons. The lowest BCUT2D eigenvalue weighted by Gasteiger charge is -2.33. The Hall–Kier alpha value is -3.65. The summed E-state index contributed by atoms with van der Waals surface area (Å²) in [5, 5.41) is 0. The molecular weight excluding hydrogens is 459 g/mol. The molecule has 0 atom stereocenters. The molecule has 2 aromatic heterocycles. The zero-order valence-corrected chi connectivity index (χ0v) is 20.9. The van der Waals surface area contributed by atoms with Gasteiger partial charge in [-0.3, -0.25) is 4.90 Å². The average Bonchev–Trinajstić information content (AvgIpc) is 3.27. The lowest BCUT2D eigenvalue weighted by Crippen LogP contribution is -2.34. The van der Waals surface area contributed by atoms with E-state index in [9.17, 15) is 4.39 Å². The quantitative estimate of drug-likeness (QED) is 0.346. The van der Waals surface area contributed by atoms with Crippen molar-refractivity contribution in [1.82, 2.24) is 19.4 Å². The van der Waals surface area contributed by atoms with Crippen molar-refractivity contribution in [2.45, 2.75) is 31.8 Å². The van der Waals surface area contributed by atoms with Crippen molar-refractivity contribution in [2.75, 3.05) is 34.4 Å². The van der Waals surface area contributed by atoms with Gasteiger partial charge in [0.05, 0.1) is 21.3 Å². The number of ether oxygens (including phenoxy) is 3. The number of piperidine rings is 1. The van der Waals surface area contributed by atoms with Crippen LogP contribution in [0.15, 0.2) is 54.7 Å². The SMILES string of the molecule is COc1cc(CN2CCC(n3c(Cc4ccc(F)cc4)nc4cccnc43)CC2)cc(OC)c1OC. The number of pyridine rings is 1. The maximum Gasteiger partial charge on any atom is 0.203 e. The predicted molar refractivity (Wildman–Crippen MR) is 136 cm³/mol. The molecule has 1 aliphatic rings. The van der Waals surface area contributed by atoms with Crippen molar-refractivity contribution < 1.29 is 18.6 Å². The highest BCUT2D eigenvalue weighted by atomic mass is 19.1. The molecule has 0 radical (unpaired) electrons. The van der Waals surface area contributed by atoms with Gasteiger partial charge < -0.3 is 18.8 Å². The summed E-state index contributed by atoms with van der Waals surface area (Å²) >= 11 is 0. The van der Waals surface area contributed by atoms with Crippen molar-refractivity contribution in [2.24, 2.45) is 0 Å².